The third-order valence-electron chi connectivity index (χ3n) is 3.88. The van der Waals surface area contributed by atoms with E-state index in [1.54, 1.807) is 30.3 Å². The number of carbonyl (C=O) groups is 2. The van der Waals surface area contributed by atoms with Crippen molar-refractivity contribution in [2.24, 2.45) is 0 Å². The van der Waals surface area contributed by atoms with Gasteiger partial charge in [-0.05, 0) is 70.4 Å². The molecule has 0 heterocycles. The van der Waals surface area contributed by atoms with E-state index in [4.69, 9.17) is 9.47 Å². The van der Waals surface area contributed by atoms with Crippen LogP contribution in [0.3, 0.4) is 0 Å². The van der Waals surface area contributed by atoms with Crippen LogP contribution in [0.4, 0.5) is 0 Å². The largest absolute Gasteiger partial charge is 0.481 e. The Morgan fingerprint density at radius 2 is 1.59 bits per heavy atom. The first-order valence-electron chi connectivity index (χ1n) is 8.32. The second kappa shape index (κ2) is 8.64. The van der Waals surface area contributed by atoms with Crippen molar-refractivity contribution in [3.8, 4) is 22.6 Å². The number of Topliss-reactive ketones (excluding diaryl/α,β-unsaturated/α-hetero) is 1. The van der Waals surface area contributed by atoms with E-state index in [0.717, 1.165) is 15.6 Å². The van der Waals surface area contributed by atoms with Gasteiger partial charge in [0.05, 0.1) is 4.47 Å². The van der Waals surface area contributed by atoms with Gasteiger partial charge in [-0.2, -0.15) is 0 Å². The van der Waals surface area contributed by atoms with E-state index in [1.807, 2.05) is 42.5 Å². The Kier molecular flexibility index (Phi) is 6.04. The smallest absolute Gasteiger partial charge is 0.349 e. The predicted molar refractivity (Wildman–Crippen MR) is 107 cm³/mol. The van der Waals surface area contributed by atoms with E-state index in [9.17, 15) is 9.59 Å². The molecular weight excluding hydrogens is 408 g/mol. The van der Waals surface area contributed by atoms with Gasteiger partial charge >= 0.3 is 5.97 Å². The first kappa shape index (κ1) is 18.9. The monoisotopic (exact) mass is 424 g/mol. The second-order valence-electron chi connectivity index (χ2n) is 5.85. The number of rotatable bonds is 6. The van der Waals surface area contributed by atoms with E-state index in [0.29, 0.717) is 17.1 Å². The number of benzene rings is 3. The minimum Gasteiger partial charge on any atom is -0.481 e. The van der Waals surface area contributed by atoms with E-state index in [-0.39, 0.29) is 12.4 Å². The predicted octanol–water partition coefficient (Wildman–Crippen LogP) is 5.30. The fourth-order valence-corrected chi connectivity index (χ4v) is 2.98. The summed E-state index contributed by atoms with van der Waals surface area (Å²) in [5.74, 6) is 0.357. The lowest BCUT2D eigenvalue weighted by Gasteiger charge is -2.10. The molecule has 0 aliphatic heterocycles. The van der Waals surface area contributed by atoms with E-state index >= 15 is 0 Å². The number of ether oxygens (including phenoxy) is 2. The Bertz CT molecular complexity index is 950. The van der Waals surface area contributed by atoms with Gasteiger partial charge in [-0.15, -0.1) is 0 Å². The lowest BCUT2D eigenvalue weighted by atomic mass is 10.1. The van der Waals surface area contributed by atoms with Gasteiger partial charge in [0.1, 0.15) is 11.5 Å². The molecule has 0 saturated heterocycles. The molecule has 0 fully saturated rings. The first-order valence-corrected chi connectivity index (χ1v) is 9.11. The minimum atomic E-state index is -0.524. The maximum Gasteiger partial charge on any atom is 0.349 e. The van der Waals surface area contributed by atoms with Crippen molar-refractivity contribution < 1.29 is 19.1 Å². The molecule has 0 N–H and O–H groups in total. The summed E-state index contributed by atoms with van der Waals surface area (Å²) in [7, 11) is 0. The number of carbonyl (C=O) groups excluding carboxylic acids is 2. The van der Waals surface area contributed by atoms with E-state index in [2.05, 4.69) is 15.9 Å². The molecule has 0 unspecified atom stereocenters. The zero-order chi connectivity index (χ0) is 19.2. The molecule has 5 heteroatoms. The first-order chi connectivity index (χ1) is 13.0. The summed E-state index contributed by atoms with van der Waals surface area (Å²) in [4.78, 5) is 23.2. The third kappa shape index (κ3) is 5.05. The molecule has 3 rings (SSSR count). The molecule has 0 radical (unpaired) electrons. The van der Waals surface area contributed by atoms with Crippen molar-refractivity contribution >= 4 is 27.7 Å². The van der Waals surface area contributed by atoms with Gasteiger partial charge in [0.25, 0.3) is 0 Å². The quantitative estimate of drug-likeness (QED) is 0.306. The van der Waals surface area contributed by atoms with Crippen molar-refractivity contribution in [2.75, 3.05) is 6.61 Å². The summed E-state index contributed by atoms with van der Waals surface area (Å²) in [6.07, 6.45) is 0. The molecule has 0 spiro atoms. The van der Waals surface area contributed by atoms with Crippen molar-refractivity contribution in [3.05, 3.63) is 82.8 Å². The Hall–Kier alpha value is -2.92. The summed E-state index contributed by atoms with van der Waals surface area (Å²) >= 11 is 3.47. The fourth-order valence-electron chi connectivity index (χ4n) is 2.48. The SMILES string of the molecule is CC(=O)c1ccc(OC(=O)COc2ccc(-c3ccccc3)cc2Br)cc1. The minimum absolute atomic E-state index is 0.0417. The molecule has 4 nitrogen and oxygen atoms in total. The van der Waals surface area contributed by atoms with Crippen LogP contribution >= 0.6 is 15.9 Å². The van der Waals surface area contributed by atoms with Gasteiger partial charge in [-0.3, -0.25) is 4.79 Å². The van der Waals surface area contributed by atoms with Gasteiger partial charge in [-0.25, -0.2) is 4.79 Å². The number of hydrogen-bond acceptors (Lipinski definition) is 4. The van der Waals surface area contributed by atoms with Crippen molar-refractivity contribution in [1.82, 2.24) is 0 Å². The molecule has 27 heavy (non-hydrogen) atoms. The number of ketones is 1. The summed E-state index contributed by atoms with van der Waals surface area (Å²) in [5, 5.41) is 0. The third-order valence-corrected chi connectivity index (χ3v) is 4.50. The van der Waals surface area contributed by atoms with Crippen molar-refractivity contribution in [1.29, 1.82) is 0 Å². The molecule has 3 aromatic rings. The van der Waals surface area contributed by atoms with Crippen LogP contribution < -0.4 is 9.47 Å². The van der Waals surface area contributed by atoms with Crippen LogP contribution in [0.1, 0.15) is 17.3 Å². The number of halogens is 1. The van der Waals surface area contributed by atoms with Crippen LogP contribution in [0, 0.1) is 0 Å². The van der Waals surface area contributed by atoms with Crippen LogP contribution in [0.25, 0.3) is 11.1 Å². The van der Waals surface area contributed by atoms with Crippen molar-refractivity contribution in [3.63, 3.8) is 0 Å². The van der Waals surface area contributed by atoms with Gasteiger partial charge in [0.2, 0.25) is 0 Å². The Morgan fingerprint density at radius 1 is 0.889 bits per heavy atom. The highest BCUT2D eigenvalue weighted by Gasteiger charge is 2.10. The number of esters is 1. The normalized spacial score (nSPS) is 10.3. The molecule has 0 amide bonds. The highest BCUT2D eigenvalue weighted by atomic mass is 79.9. The van der Waals surface area contributed by atoms with Gasteiger partial charge in [-0.1, -0.05) is 36.4 Å². The zero-order valence-corrected chi connectivity index (χ0v) is 16.2. The van der Waals surface area contributed by atoms with Crippen molar-refractivity contribution in [2.45, 2.75) is 6.92 Å². The molecule has 136 valence electrons. The van der Waals surface area contributed by atoms with Gasteiger partial charge in [0, 0.05) is 5.56 Å². The topological polar surface area (TPSA) is 52.6 Å². The summed E-state index contributed by atoms with van der Waals surface area (Å²) in [5.41, 5.74) is 2.70. The molecule has 0 aliphatic rings. The fraction of sp³-hybridized carbons (Fsp3) is 0.0909. The molecule has 0 saturated carbocycles. The average molecular weight is 425 g/mol. The highest BCUT2D eigenvalue weighted by Crippen LogP contribution is 2.30. The Morgan fingerprint density at radius 3 is 2.22 bits per heavy atom. The Labute approximate surface area is 165 Å². The molecule has 0 aliphatic carbocycles. The average Bonchev–Trinajstić information content (AvgIpc) is 2.68. The molecule has 0 bridgehead atoms. The van der Waals surface area contributed by atoms with E-state index < -0.39 is 5.97 Å². The van der Waals surface area contributed by atoms with Crippen LogP contribution in [-0.2, 0) is 4.79 Å². The summed E-state index contributed by atoms with van der Waals surface area (Å²) in [6.45, 7) is 1.26. The maximum absolute atomic E-state index is 12.0. The zero-order valence-electron chi connectivity index (χ0n) is 14.6. The van der Waals surface area contributed by atoms with E-state index in [1.165, 1.54) is 6.92 Å². The lowest BCUT2D eigenvalue weighted by molar-refractivity contribution is -0.136. The molecule has 3 aromatic carbocycles. The number of hydrogen-bond donors (Lipinski definition) is 0. The molecule has 0 atom stereocenters. The maximum atomic E-state index is 12.0. The summed E-state index contributed by atoms with van der Waals surface area (Å²) in [6, 6.07) is 22.1. The standard InChI is InChI=1S/C22H17BrO4/c1-15(24)16-7-10-19(11-8-16)27-22(25)14-26-21-12-9-18(13-20(21)23)17-5-3-2-4-6-17/h2-13H,14H2,1H3. The van der Waals surface area contributed by atoms with Crippen LogP contribution in [0.5, 0.6) is 11.5 Å². The van der Waals surface area contributed by atoms with Gasteiger partial charge < -0.3 is 9.47 Å². The van der Waals surface area contributed by atoms with Crippen LogP contribution in [0.2, 0.25) is 0 Å². The molecular formula is C22H17BrO4. The second-order valence-corrected chi connectivity index (χ2v) is 6.71. The van der Waals surface area contributed by atoms with Crippen LogP contribution in [0.15, 0.2) is 77.3 Å². The van der Waals surface area contributed by atoms with Gasteiger partial charge in [0.15, 0.2) is 12.4 Å². The highest BCUT2D eigenvalue weighted by molar-refractivity contribution is 9.10. The molecule has 0 aromatic heterocycles. The summed E-state index contributed by atoms with van der Waals surface area (Å²) < 4.78 is 11.5. The Balaban J connectivity index is 1.59. The van der Waals surface area contributed by atoms with Crippen LogP contribution in [-0.4, -0.2) is 18.4 Å². The lowest BCUT2D eigenvalue weighted by Crippen LogP contribution is -2.17.